The number of benzene rings is 3. The molecule has 0 aliphatic carbocycles. The zero-order valence-corrected chi connectivity index (χ0v) is 17.0. The number of Topliss-reactive ketones (excluding diaryl/α,β-unsaturated/α-hetero) is 1. The molecule has 0 fully saturated rings. The van der Waals surface area contributed by atoms with Crippen LogP contribution < -0.4 is 14.2 Å². The van der Waals surface area contributed by atoms with Crippen LogP contribution in [0, 0.1) is 0 Å². The lowest BCUT2D eigenvalue weighted by molar-refractivity contribution is -0.147. The monoisotopic (exact) mass is 432 g/mol. The van der Waals surface area contributed by atoms with Gasteiger partial charge in [0.1, 0.15) is 48.4 Å². The summed E-state index contributed by atoms with van der Waals surface area (Å²) in [5.41, 5.74) is 1.63. The maximum Gasteiger partial charge on any atom is 0.377 e. The van der Waals surface area contributed by atoms with Gasteiger partial charge in [-0.3, -0.25) is 4.79 Å². The number of aliphatic carboxylic acids is 1. The van der Waals surface area contributed by atoms with Crippen LogP contribution in [-0.2, 0) is 22.8 Å². The number of aliphatic hydroxyl groups excluding tert-OH is 1. The number of carbonyl (C=O) groups excluding carboxylic acids is 1. The van der Waals surface area contributed by atoms with E-state index in [0.29, 0.717) is 12.4 Å². The average molecular weight is 432 g/mol. The molecule has 7 heteroatoms. The summed E-state index contributed by atoms with van der Waals surface area (Å²) in [7, 11) is 0. The van der Waals surface area contributed by atoms with Gasteiger partial charge in [-0.05, 0) is 11.1 Å². The van der Waals surface area contributed by atoms with Gasteiger partial charge in [-0.2, -0.15) is 0 Å². The third-order valence-electron chi connectivity index (χ3n) is 4.89. The van der Waals surface area contributed by atoms with Gasteiger partial charge in [0.25, 0.3) is 5.78 Å². The molecule has 162 valence electrons. The molecule has 3 aromatic carbocycles. The fraction of sp³-hybridized carbons (Fsp3) is 0.120. The van der Waals surface area contributed by atoms with Crippen molar-refractivity contribution in [3.05, 3.63) is 95.1 Å². The number of aliphatic hydroxyl groups is 1. The summed E-state index contributed by atoms with van der Waals surface area (Å²) in [6, 6.07) is 22.1. The molecule has 0 atom stereocenters. The molecule has 32 heavy (non-hydrogen) atoms. The quantitative estimate of drug-likeness (QED) is 0.515. The topological polar surface area (TPSA) is 102 Å². The van der Waals surface area contributed by atoms with E-state index in [1.165, 1.54) is 0 Å². The fourth-order valence-corrected chi connectivity index (χ4v) is 3.26. The lowest BCUT2D eigenvalue weighted by Crippen LogP contribution is -2.24. The summed E-state index contributed by atoms with van der Waals surface area (Å²) in [6.45, 7) is 0.122. The van der Waals surface area contributed by atoms with Crippen LogP contribution in [0.15, 0.2) is 78.4 Å². The van der Waals surface area contributed by atoms with Crippen LogP contribution in [-0.4, -0.2) is 28.6 Å². The van der Waals surface area contributed by atoms with E-state index in [2.05, 4.69) is 0 Å². The lowest BCUT2D eigenvalue weighted by Gasteiger charge is -2.23. The first-order chi connectivity index (χ1) is 15.5. The molecule has 1 aliphatic rings. The Morgan fingerprint density at radius 2 is 1.47 bits per heavy atom. The second-order valence-corrected chi connectivity index (χ2v) is 7.09. The zero-order valence-electron chi connectivity index (χ0n) is 17.0. The number of hydrogen-bond acceptors (Lipinski definition) is 6. The highest BCUT2D eigenvalue weighted by Crippen LogP contribution is 2.42. The van der Waals surface area contributed by atoms with E-state index in [9.17, 15) is 14.7 Å². The third kappa shape index (κ3) is 4.57. The van der Waals surface area contributed by atoms with Crippen molar-refractivity contribution in [3.63, 3.8) is 0 Å². The summed E-state index contributed by atoms with van der Waals surface area (Å²) in [5.74, 6) is -2.49. The van der Waals surface area contributed by atoms with Gasteiger partial charge in [-0.15, -0.1) is 0 Å². The van der Waals surface area contributed by atoms with E-state index in [1.54, 1.807) is 12.1 Å². The Balaban J connectivity index is 1.68. The summed E-state index contributed by atoms with van der Waals surface area (Å²) < 4.78 is 17.4. The summed E-state index contributed by atoms with van der Waals surface area (Å²) in [4.78, 5) is 23.1. The molecule has 0 spiro atoms. The molecule has 0 bridgehead atoms. The molecule has 0 saturated carbocycles. The van der Waals surface area contributed by atoms with Crippen LogP contribution in [0.4, 0.5) is 0 Å². The fourth-order valence-electron chi connectivity index (χ4n) is 3.26. The minimum Gasteiger partial charge on any atom is -0.506 e. The van der Waals surface area contributed by atoms with E-state index in [-0.39, 0.29) is 35.8 Å². The second kappa shape index (κ2) is 9.26. The predicted octanol–water partition coefficient (Wildman–Crippen LogP) is 4.16. The molecule has 2 N–H and O–H groups in total. The van der Waals surface area contributed by atoms with Gasteiger partial charge < -0.3 is 24.4 Å². The molecule has 0 saturated heterocycles. The Morgan fingerprint density at radius 3 is 2.06 bits per heavy atom. The maximum atomic E-state index is 12.0. The molecule has 0 aromatic heterocycles. The largest absolute Gasteiger partial charge is 0.506 e. The van der Waals surface area contributed by atoms with Crippen molar-refractivity contribution in [3.8, 4) is 17.2 Å². The van der Waals surface area contributed by atoms with Gasteiger partial charge in [0.15, 0.2) is 0 Å². The first kappa shape index (κ1) is 21.0. The molecule has 0 amide bonds. The highest BCUT2D eigenvalue weighted by Gasteiger charge is 2.31. The molecule has 1 heterocycles. The Labute approximate surface area is 184 Å². The number of carboxylic acid groups (broad SMARTS) is 1. The highest BCUT2D eigenvalue weighted by molar-refractivity contribution is 6.41. The van der Waals surface area contributed by atoms with E-state index in [4.69, 9.17) is 19.3 Å². The Bertz CT molecular complexity index is 1170. The Morgan fingerprint density at radius 1 is 0.875 bits per heavy atom. The van der Waals surface area contributed by atoms with Crippen LogP contribution in [0.2, 0.25) is 0 Å². The molecular formula is C25H20O7. The van der Waals surface area contributed by atoms with Crippen LogP contribution in [0.25, 0.3) is 5.76 Å². The van der Waals surface area contributed by atoms with Crippen molar-refractivity contribution in [1.82, 2.24) is 0 Å². The van der Waals surface area contributed by atoms with Gasteiger partial charge >= 0.3 is 5.97 Å². The first-order valence-corrected chi connectivity index (χ1v) is 9.87. The minimum absolute atomic E-state index is 0.115. The number of hydrogen-bond donors (Lipinski definition) is 2. The van der Waals surface area contributed by atoms with Gasteiger partial charge in [-0.1, -0.05) is 60.7 Å². The van der Waals surface area contributed by atoms with Crippen molar-refractivity contribution < 1.29 is 34.0 Å². The van der Waals surface area contributed by atoms with Crippen LogP contribution >= 0.6 is 0 Å². The number of carboxylic acids is 1. The highest BCUT2D eigenvalue weighted by atomic mass is 16.5. The van der Waals surface area contributed by atoms with E-state index in [0.717, 1.165) is 11.1 Å². The van der Waals surface area contributed by atoms with Crippen LogP contribution in [0.1, 0.15) is 16.7 Å². The Hall–Kier alpha value is -4.26. The van der Waals surface area contributed by atoms with Crippen molar-refractivity contribution >= 4 is 17.5 Å². The Kier molecular flexibility index (Phi) is 6.07. The lowest BCUT2D eigenvalue weighted by atomic mass is 10.0. The smallest absolute Gasteiger partial charge is 0.377 e. The second-order valence-electron chi connectivity index (χ2n) is 7.09. The third-order valence-corrected chi connectivity index (χ3v) is 4.89. The van der Waals surface area contributed by atoms with E-state index in [1.807, 2.05) is 60.7 Å². The van der Waals surface area contributed by atoms with Crippen molar-refractivity contribution in [2.75, 3.05) is 6.61 Å². The summed E-state index contributed by atoms with van der Waals surface area (Å²) in [5, 5.41) is 19.8. The maximum absolute atomic E-state index is 12.0. The zero-order chi connectivity index (χ0) is 22.5. The summed E-state index contributed by atoms with van der Waals surface area (Å²) >= 11 is 0. The van der Waals surface area contributed by atoms with E-state index < -0.39 is 17.5 Å². The molecule has 0 radical (unpaired) electrons. The molecule has 0 unspecified atom stereocenters. The van der Waals surface area contributed by atoms with E-state index >= 15 is 0 Å². The first-order valence-electron chi connectivity index (χ1n) is 9.87. The number of carbonyl (C=O) groups is 2. The number of ether oxygens (including phenoxy) is 3. The number of rotatable bonds is 8. The van der Waals surface area contributed by atoms with Crippen LogP contribution in [0.5, 0.6) is 17.2 Å². The standard InChI is InChI=1S/C25H20O7/c26-23-19(24(27)25(28)29)15-32-21-12-18(30-13-16-7-3-1-4-8-16)11-20(22(21)23)31-14-17-9-5-2-6-10-17/h1-12,26H,13-15H2,(H,28,29). The number of fused-ring (bicyclic) bond motifs is 1. The SMILES string of the molecule is O=C(O)C(=O)C1=C(O)c2c(cc(OCc3ccccc3)cc2OCc2ccccc2)OC1. The molecule has 1 aliphatic heterocycles. The van der Waals surface area contributed by atoms with Gasteiger partial charge in [-0.25, -0.2) is 4.79 Å². The molecule has 7 nitrogen and oxygen atoms in total. The van der Waals surface area contributed by atoms with Crippen molar-refractivity contribution in [2.24, 2.45) is 0 Å². The predicted molar refractivity (Wildman–Crippen MR) is 116 cm³/mol. The molecular weight excluding hydrogens is 412 g/mol. The van der Waals surface area contributed by atoms with Crippen molar-refractivity contribution in [2.45, 2.75) is 13.2 Å². The van der Waals surface area contributed by atoms with Gasteiger partial charge in [0, 0.05) is 12.1 Å². The van der Waals surface area contributed by atoms with Gasteiger partial charge in [0.2, 0.25) is 0 Å². The van der Waals surface area contributed by atoms with Crippen LogP contribution in [0.3, 0.4) is 0 Å². The van der Waals surface area contributed by atoms with Crippen molar-refractivity contribution in [1.29, 1.82) is 0 Å². The number of ketones is 1. The molecule has 3 aromatic rings. The summed E-state index contributed by atoms with van der Waals surface area (Å²) in [6.07, 6.45) is 0. The average Bonchev–Trinajstić information content (AvgIpc) is 2.82. The minimum atomic E-state index is -1.67. The normalized spacial score (nSPS) is 12.5. The van der Waals surface area contributed by atoms with Gasteiger partial charge in [0.05, 0.1) is 5.57 Å². The molecule has 4 rings (SSSR count).